The van der Waals surface area contributed by atoms with E-state index in [0.29, 0.717) is 11.5 Å². The van der Waals surface area contributed by atoms with Crippen LogP contribution in [-0.4, -0.2) is 35.7 Å². The van der Waals surface area contributed by atoms with Gasteiger partial charge in [-0.1, -0.05) is 134 Å². The van der Waals surface area contributed by atoms with Crippen molar-refractivity contribution in [1.82, 2.24) is 0 Å². The summed E-state index contributed by atoms with van der Waals surface area (Å²) in [4.78, 5) is 9.34. The van der Waals surface area contributed by atoms with E-state index in [1.165, 1.54) is 49.7 Å². The number of phenolic OH excluding ortho intramolecular Hbond substituents is 2. The summed E-state index contributed by atoms with van der Waals surface area (Å²) in [6.45, 7) is 27.7. The van der Waals surface area contributed by atoms with E-state index in [9.17, 15) is 10.2 Å². The molecule has 0 atom stereocenters. The molecule has 0 aliphatic heterocycles. The van der Waals surface area contributed by atoms with Gasteiger partial charge < -0.3 is 10.2 Å². The first kappa shape index (κ1) is 37.6. The van der Waals surface area contributed by atoms with Crippen LogP contribution in [0.15, 0.2) is 34.3 Å². The van der Waals surface area contributed by atoms with Crippen molar-refractivity contribution in [1.29, 1.82) is 0 Å². The summed E-state index contributed by atoms with van der Waals surface area (Å²) in [7, 11) is 0. The van der Waals surface area contributed by atoms with Crippen LogP contribution in [0.3, 0.4) is 0 Å². The summed E-state index contributed by atoms with van der Waals surface area (Å²) < 4.78 is 0. The van der Waals surface area contributed by atoms with Gasteiger partial charge in [0, 0.05) is 47.8 Å². The maximum Gasteiger partial charge on any atom is 0.128 e. The topological polar surface area (TPSA) is 65.2 Å². The van der Waals surface area contributed by atoms with E-state index in [4.69, 9.17) is 0 Å². The van der Waals surface area contributed by atoms with Gasteiger partial charge in [-0.2, -0.15) is 0 Å². The third-order valence-corrected chi connectivity index (χ3v) is 8.41. The molecule has 0 bridgehead atoms. The molecule has 0 aromatic heterocycles. The number of hydrogen-bond acceptors (Lipinski definition) is 4. The van der Waals surface area contributed by atoms with Crippen LogP contribution in [-0.2, 0) is 21.7 Å². The molecule has 0 amide bonds. The number of nitrogens with zero attached hydrogens (tertiary/aromatic N) is 2. The van der Waals surface area contributed by atoms with Crippen LogP contribution in [0.2, 0.25) is 0 Å². The van der Waals surface area contributed by atoms with Crippen LogP contribution >= 0.6 is 0 Å². The zero-order chi connectivity index (χ0) is 33.3. The van der Waals surface area contributed by atoms with Crippen molar-refractivity contribution in [3.8, 4) is 11.5 Å². The van der Waals surface area contributed by atoms with Gasteiger partial charge in [-0.25, -0.2) is 0 Å². The minimum Gasteiger partial charge on any atom is -0.507 e. The number of aliphatic imine (C=N–C) groups is 2. The van der Waals surface area contributed by atoms with Gasteiger partial charge >= 0.3 is 0 Å². The van der Waals surface area contributed by atoms with Crippen LogP contribution < -0.4 is 0 Å². The van der Waals surface area contributed by atoms with Crippen LogP contribution in [0.4, 0.5) is 0 Å². The number of phenols is 2. The van der Waals surface area contributed by atoms with Crippen LogP contribution in [0.25, 0.3) is 0 Å². The fourth-order valence-electron chi connectivity index (χ4n) is 5.31. The number of aromatic hydroxyl groups is 2. The molecule has 0 fully saturated rings. The third-order valence-electron chi connectivity index (χ3n) is 8.41. The molecule has 0 aliphatic carbocycles. The minimum absolute atomic E-state index is 0.0165. The molecule has 0 aliphatic rings. The summed E-state index contributed by atoms with van der Waals surface area (Å²) in [5.41, 5.74) is 5.87. The molecule has 2 rings (SSSR count). The molecular weight excluding hydrogens is 540 g/mol. The fraction of sp³-hybridized carbons (Fsp3) is 0.650. The molecule has 246 valence electrons. The molecule has 2 aromatic rings. The number of benzene rings is 2. The minimum atomic E-state index is -0.125. The largest absolute Gasteiger partial charge is 0.507 e. The van der Waals surface area contributed by atoms with Gasteiger partial charge in [-0.3, -0.25) is 9.98 Å². The number of hydrogen-bond donors (Lipinski definition) is 2. The monoisotopic (exact) mass is 604 g/mol. The summed E-state index contributed by atoms with van der Waals surface area (Å²) in [5.74, 6) is 0.727. The average molecular weight is 605 g/mol. The molecule has 44 heavy (non-hydrogen) atoms. The summed E-state index contributed by atoms with van der Waals surface area (Å²) in [6, 6.07) is 8.50. The van der Waals surface area contributed by atoms with Crippen molar-refractivity contribution < 1.29 is 10.2 Å². The lowest BCUT2D eigenvalue weighted by Gasteiger charge is -2.27. The zero-order valence-corrected chi connectivity index (χ0v) is 30.3. The molecule has 2 aromatic carbocycles. The Bertz CT molecular complexity index is 1160. The maximum atomic E-state index is 10.9. The van der Waals surface area contributed by atoms with E-state index >= 15 is 0 Å². The Hall–Kier alpha value is -2.62. The van der Waals surface area contributed by atoms with Crippen molar-refractivity contribution in [3.63, 3.8) is 0 Å². The predicted molar refractivity (Wildman–Crippen MR) is 193 cm³/mol. The van der Waals surface area contributed by atoms with E-state index in [-0.39, 0.29) is 21.7 Å². The van der Waals surface area contributed by atoms with Crippen molar-refractivity contribution in [2.45, 2.75) is 156 Å². The first-order valence-electron chi connectivity index (χ1n) is 17.0. The van der Waals surface area contributed by atoms with Crippen molar-refractivity contribution >= 4 is 12.4 Å². The van der Waals surface area contributed by atoms with Crippen LogP contribution in [0.5, 0.6) is 11.5 Å². The molecule has 4 heteroatoms. The Morgan fingerprint density at radius 3 is 1.02 bits per heavy atom. The highest BCUT2D eigenvalue weighted by Crippen LogP contribution is 2.38. The Kier molecular flexibility index (Phi) is 13.3. The zero-order valence-electron chi connectivity index (χ0n) is 30.3. The molecule has 0 radical (unpaired) electrons. The predicted octanol–water partition coefficient (Wildman–Crippen LogP) is 10.9. The van der Waals surface area contributed by atoms with Gasteiger partial charge in [-0.15, -0.1) is 0 Å². The van der Waals surface area contributed by atoms with Crippen LogP contribution in [0, 0.1) is 0 Å². The van der Waals surface area contributed by atoms with Crippen molar-refractivity contribution in [3.05, 3.63) is 57.6 Å². The Labute approximate surface area is 270 Å². The lowest BCUT2D eigenvalue weighted by molar-refractivity contribution is 0.443. The fourth-order valence-corrected chi connectivity index (χ4v) is 5.31. The van der Waals surface area contributed by atoms with Crippen molar-refractivity contribution in [2.24, 2.45) is 9.98 Å². The van der Waals surface area contributed by atoms with Crippen LogP contribution in [0.1, 0.15) is 168 Å². The van der Waals surface area contributed by atoms with E-state index in [1.807, 2.05) is 12.4 Å². The second-order valence-corrected chi connectivity index (χ2v) is 16.8. The molecule has 4 nitrogen and oxygen atoms in total. The molecule has 2 N–H and O–H groups in total. The third kappa shape index (κ3) is 11.7. The smallest absolute Gasteiger partial charge is 0.128 e. The second kappa shape index (κ2) is 15.6. The molecule has 0 saturated carbocycles. The first-order chi connectivity index (χ1) is 20.2. The molecule has 0 unspecified atom stereocenters. The summed E-state index contributed by atoms with van der Waals surface area (Å²) in [5, 5.41) is 21.9. The van der Waals surface area contributed by atoms with Gasteiger partial charge in [0.25, 0.3) is 0 Å². The first-order valence-corrected chi connectivity index (χ1v) is 17.0. The molecular formula is C40H64N2O2. The van der Waals surface area contributed by atoms with E-state index < -0.39 is 0 Å². The molecule has 0 saturated heterocycles. The number of unbranched alkanes of at least 4 members (excludes halogenated alkanes) is 7. The summed E-state index contributed by atoms with van der Waals surface area (Å²) in [6.07, 6.45) is 13.3. The second-order valence-electron chi connectivity index (χ2n) is 16.8. The van der Waals surface area contributed by atoms with Gasteiger partial charge in [0.05, 0.1) is 0 Å². The molecule has 0 heterocycles. The Morgan fingerprint density at radius 1 is 0.455 bits per heavy atom. The highest BCUT2D eigenvalue weighted by atomic mass is 16.3. The average Bonchev–Trinajstić information content (AvgIpc) is 2.87. The van der Waals surface area contributed by atoms with Gasteiger partial charge in [-0.05, 0) is 57.8 Å². The lowest BCUT2D eigenvalue weighted by atomic mass is 9.79. The highest BCUT2D eigenvalue weighted by Gasteiger charge is 2.25. The van der Waals surface area contributed by atoms with E-state index in [0.717, 1.165) is 48.2 Å². The van der Waals surface area contributed by atoms with Gasteiger partial charge in [0.1, 0.15) is 11.5 Å². The van der Waals surface area contributed by atoms with Gasteiger partial charge in [0.15, 0.2) is 0 Å². The summed E-state index contributed by atoms with van der Waals surface area (Å²) >= 11 is 0. The SMILES string of the molecule is CC(C)(C)c1cc(C=NCCCCCCCCCCN=Cc2cc(C(C)(C)C)cc(C(C)(C)C)c2O)c(O)c(C(C)(C)C)c1. The quantitative estimate of drug-likeness (QED) is 0.176. The lowest BCUT2D eigenvalue weighted by Crippen LogP contribution is -2.17. The van der Waals surface area contributed by atoms with Crippen molar-refractivity contribution in [2.75, 3.05) is 13.1 Å². The number of rotatable bonds is 13. The standard InChI is InChI=1S/C40H64N2O2/c1-37(2,3)31-23-29(35(43)33(25-31)39(7,8)9)27-41-21-19-17-15-13-14-16-18-20-22-42-28-30-24-32(38(4,5)6)26-34(36(30)44)40(10,11)12/h23-28,43-44H,13-22H2,1-12H3. The Balaban J connectivity index is 1.72. The Morgan fingerprint density at radius 2 is 0.750 bits per heavy atom. The normalized spacial score (nSPS) is 13.5. The van der Waals surface area contributed by atoms with E-state index in [2.05, 4.69) is 117 Å². The molecule has 0 spiro atoms. The van der Waals surface area contributed by atoms with Gasteiger partial charge in [0.2, 0.25) is 0 Å². The maximum absolute atomic E-state index is 10.9. The highest BCUT2D eigenvalue weighted by molar-refractivity contribution is 5.85. The van der Waals surface area contributed by atoms with E-state index in [1.54, 1.807) is 0 Å².